The van der Waals surface area contributed by atoms with E-state index < -0.39 is 15.4 Å². The van der Waals surface area contributed by atoms with Crippen LogP contribution in [-0.2, 0) is 9.84 Å². The molecule has 0 spiro atoms. The van der Waals surface area contributed by atoms with Gasteiger partial charge in [0.25, 0.3) is 0 Å². The van der Waals surface area contributed by atoms with Crippen LogP contribution in [0.15, 0.2) is 0 Å². The maximum absolute atomic E-state index is 11.3. The van der Waals surface area contributed by atoms with Crippen molar-refractivity contribution in [2.75, 3.05) is 24.6 Å². The molecule has 0 aromatic heterocycles. The number of hydrogen-bond donors (Lipinski definition) is 0. The lowest BCUT2D eigenvalue weighted by molar-refractivity contribution is 0.159. The lowest BCUT2D eigenvalue weighted by Crippen LogP contribution is -2.51. The zero-order valence-electron chi connectivity index (χ0n) is 8.78. The number of nitrogens with zero attached hydrogens (tertiary/aromatic N) is 2. The standard InChI is InChI=1S/C10H16N2O2S/c11-9-10(12-5-1-2-6-12)3-7-15(13,14)8-4-10/h1-8H2. The van der Waals surface area contributed by atoms with Crippen molar-refractivity contribution < 1.29 is 8.42 Å². The average Bonchev–Trinajstić information content (AvgIpc) is 2.72. The number of sulfone groups is 1. The molecule has 5 heteroatoms. The van der Waals surface area contributed by atoms with Gasteiger partial charge in [0, 0.05) is 0 Å². The van der Waals surface area contributed by atoms with E-state index in [1.807, 2.05) is 0 Å². The van der Waals surface area contributed by atoms with Crippen LogP contribution in [-0.4, -0.2) is 43.5 Å². The highest BCUT2D eigenvalue weighted by Gasteiger charge is 2.43. The predicted octanol–water partition coefficient (Wildman–Crippen LogP) is 0.553. The Labute approximate surface area is 90.8 Å². The van der Waals surface area contributed by atoms with Crippen LogP contribution >= 0.6 is 0 Å². The van der Waals surface area contributed by atoms with Gasteiger partial charge in [0.2, 0.25) is 0 Å². The molecule has 15 heavy (non-hydrogen) atoms. The van der Waals surface area contributed by atoms with E-state index in [-0.39, 0.29) is 11.5 Å². The first-order chi connectivity index (χ1) is 7.08. The summed E-state index contributed by atoms with van der Waals surface area (Å²) in [6.07, 6.45) is 3.25. The Bertz CT molecular complexity index is 363. The molecule has 2 fully saturated rings. The largest absolute Gasteiger partial charge is 0.285 e. The number of likely N-dealkylation sites (tertiary alicyclic amines) is 1. The van der Waals surface area contributed by atoms with E-state index in [1.54, 1.807) is 0 Å². The molecule has 2 aliphatic heterocycles. The molecule has 2 aliphatic rings. The zero-order chi connectivity index (χ0) is 10.9. The first kappa shape index (κ1) is 10.9. The first-order valence-electron chi connectivity index (χ1n) is 5.45. The van der Waals surface area contributed by atoms with E-state index in [0.29, 0.717) is 12.8 Å². The number of nitriles is 1. The summed E-state index contributed by atoms with van der Waals surface area (Å²) < 4.78 is 22.7. The van der Waals surface area contributed by atoms with Crippen molar-refractivity contribution in [1.29, 1.82) is 5.26 Å². The van der Waals surface area contributed by atoms with Gasteiger partial charge in [-0.1, -0.05) is 0 Å². The molecule has 0 unspecified atom stereocenters. The average molecular weight is 228 g/mol. The van der Waals surface area contributed by atoms with Crippen LogP contribution in [0.5, 0.6) is 0 Å². The smallest absolute Gasteiger partial charge is 0.150 e. The summed E-state index contributed by atoms with van der Waals surface area (Å²) in [6.45, 7) is 1.90. The molecule has 0 bridgehead atoms. The molecule has 2 rings (SSSR count). The summed E-state index contributed by atoms with van der Waals surface area (Å²) in [5, 5.41) is 9.29. The van der Waals surface area contributed by atoms with E-state index in [9.17, 15) is 13.7 Å². The van der Waals surface area contributed by atoms with E-state index in [0.717, 1.165) is 25.9 Å². The molecule has 0 aromatic carbocycles. The van der Waals surface area contributed by atoms with Crippen molar-refractivity contribution in [3.05, 3.63) is 0 Å². The van der Waals surface area contributed by atoms with Crippen LogP contribution in [0.1, 0.15) is 25.7 Å². The third kappa shape index (κ3) is 2.01. The van der Waals surface area contributed by atoms with E-state index >= 15 is 0 Å². The third-order valence-corrected chi connectivity index (χ3v) is 5.23. The van der Waals surface area contributed by atoms with Crippen molar-refractivity contribution in [2.45, 2.75) is 31.2 Å². The van der Waals surface area contributed by atoms with Gasteiger partial charge in [-0.2, -0.15) is 5.26 Å². The number of rotatable bonds is 1. The molecule has 0 aliphatic carbocycles. The first-order valence-corrected chi connectivity index (χ1v) is 7.27. The van der Waals surface area contributed by atoms with Crippen molar-refractivity contribution in [3.8, 4) is 6.07 Å². The Morgan fingerprint density at radius 1 is 1.13 bits per heavy atom. The summed E-state index contributed by atoms with van der Waals surface area (Å²) in [6, 6.07) is 2.36. The Balaban J connectivity index is 2.14. The van der Waals surface area contributed by atoms with Crippen LogP contribution < -0.4 is 0 Å². The molecule has 84 valence electrons. The van der Waals surface area contributed by atoms with Crippen LogP contribution in [0.25, 0.3) is 0 Å². The molecule has 0 atom stereocenters. The molecule has 0 radical (unpaired) electrons. The summed E-state index contributed by atoms with van der Waals surface area (Å²) in [7, 11) is -2.87. The van der Waals surface area contributed by atoms with Crippen LogP contribution in [0.3, 0.4) is 0 Å². The zero-order valence-corrected chi connectivity index (χ0v) is 9.59. The highest BCUT2D eigenvalue weighted by Crippen LogP contribution is 2.32. The summed E-state index contributed by atoms with van der Waals surface area (Å²) in [4.78, 5) is 2.18. The lowest BCUT2D eigenvalue weighted by atomic mass is 9.92. The second kappa shape index (κ2) is 3.76. The van der Waals surface area contributed by atoms with Crippen molar-refractivity contribution in [2.24, 2.45) is 0 Å². The SMILES string of the molecule is N#CC1(N2CCCC2)CCS(=O)(=O)CC1. The number of hydrogen-bond acceptors (Lipinski definition) is 4. The fourth-order valence-corrected chi connectivity index (χ4v) is 4.02. The molecular formula is C10H16N2O2S. The van der Waals surface area contributed by atoms with Crippen molar-refractivity contribution in [1.82, 2.24) is 4.90 Å². The van der Waals surface area contributed by atoms with Gasteiger partial charge in [0.15, 0.2) is 9.84 Å². The second-order valence-electron chi connectivity index (χ2n) is 4.49. The van der Waals surface area contributed by atoms with Gasteiger partial charge in [-0.05, 0) is 38.8 Å². The van der Waals surface area contributed by atoms with E-state index in [1.165, 1.54) is 0 Å². The van der Waals surface area contributed by atoms with Gasteiger partial charge < -0.3 is 0 Å². The summed E-state index contributed by atoms with van der Waals surface area (Å²) >= 11 is 0. The Morgan fingerprint density at radius 2 is 1.67 bits per heavy atom. The second-order valence-corrected chi connectivity index (χ2v) is 6.79. The van der Waals surface area contributed by atoms with Gasteiger partial charge in [0.05, 0.1) is 17.6 Å². The van der Waals surface area contributed by atoms with Crippen LogP contribution in [0, 0.1) is 11.3 Å². The van der Waals surface area contributed by atoms with E-state index in [4.69, 9.17) is 0 Å². The molecule has 4 nitrogen and oxygen atoms in total. The minimum absolute atomic E-state index is 0.178. The van der Waals surface area contributed by atoms with Crippen LogP contribution in [0.4, 0.5) is 0 Å². The minimum atomic E-state index is -2.87. The predicted molar refractivity (Wildman–Crippen MR) is 57.0 cm³/mol. The lowest BCUT2D eigenvalue weighted by Gasteiger charge is -2.38. The normalized spacial score (nSPS) is 29.8. The van der Waals surface area contributed by atoms with Crippen LogP contribution in [0.2, 0.25) is 0 Å². The fraction of sp³-hybridized carbons (Fsp3) is 0.900. The topological polar surface area (TPSA) is 61.2 Å². The van der Waals surface area contributed by atoms with Crippen molar-refractivity contribution in [3.63, 3.8) is 0 Å². The van der Waals surface area contributed by atoms with Gasteiger partial charge in [0.1, 0.15) is 5.54 Å². The Morgan fingerprint density at radius 3 is 2.13 bits per heavy atom. The minimum Gasteiger partial charge on any atom is -0.285 e. The maximum atomic E-state index is 11.3. The molecule has 0 aromatic rings. The van der Waals surface area contributed by atoms with Gasteiger partial charge in [-0.25, -0.2) is 8.42 Å². The third-order valence-electron chi connectivity index (χ3n) is 3.57. The molecule has 0 saturated carbocycles. The van der Waals surface area contributed by atoms with Gasteiger partial charge in [-0.15, -0.1) is 0 Å². The highest BCUT2D eigenvalue weighted by molar-refractivity contribution is 7.91. The monoisotopic (exact) mass is 228 g/mol. The fourth-order valence-electron chi connectivity index (χ4n) is 2.52. The summed E-state index contributed by atoms with van der Waals surface area (Å²) in [5.74, 6) is 0.355. The van der Waals surface area contributed by atoms with E-state index in [2.05, 4.69) is 11.0 Å². The molecule has 0 amide bonds. The van der Waals surface area contributed by atoms with Gasteiger partial charge >= 0.3 is 0 Å². The summed E-state index contributed by atoms with van der Waals surface area (Å²) in [5.41, 5.74) is -0.484. The Hall–Kier alpha value is -0.600. The molecular weight excluding hydrogens is 212 g/mol. The highest BCUT2D eigenvalue weighted by atomic mass is 32.2. The maximum Gasteiger partial charge on any atom is 0.150 e. The quantitative estimate of drug-likeness (QED) is 0.657. The van der Waals surface area contributed by atoms with Crippen molar-refractivity contribution >= 4 is 9.84 Å². The van der Waals surface area contributed by atoms with Gasteiger partial charge in [-0.3, -0.25) is 4.90 Å². The molecule has 0 N–H and O–H groups in total. The Kier molecular flexibility index (Phi) is 2.73. The molecule has 2 heterocycles. The molecule has 2 saturated heterocycles.